The van der Waals surface area contributed by atoms with Crippen LogP contribution in [0.25, 0.3) is 0 Å². The van der Waals surface area contributed by atoms with Crippen molar-refractivity contribution in [1.82, 2.24) is 5.43 Å². The summed E-state index contributed by atoms with van der Waals surface area (Å²) in [6, 6.07) is 12.6. The number of thiocarbonyl (C=S) groups is 1. The van der Waals surface area contributed by atoms with Crippen LogP contribution in [0.15, 0.2) is 41.5 Å². The van der Waals surface area contributed by atoms with Crippen LogP contribution in [0.3, 0.4) is 0 Å². The van der Waals surface area contributed by atoms with Crippen molar-refractivity contribution in [1.29, 1.82) is 0 Å². The molecule has 0 atom stereocenters. The van der Waals surface area contributed by atoms with E-state index in [9.17, 15) is 0 Å². The molecule has 0 aliphatic heterocycles. The lowest BCUT2D eigenvalue weighted by Gasteiger charge is -2.21. The molecule has 3 nitrogen and oxygen atoms in total. The summed E-state index contributed by atoms with van der Waals surface area (Å²) in [5.74, 6) is 0. The second-order valence-corrected chi connectivity index (χ2v) is 6.81. The van der Waals surface area contributed by atoms with Crippen LogP contribution in [0, 0.1) is 20.8 Å². The molecule has 3 rings (SSSR count). The molecule has 0 aromatic heterocycles. The molecule has 2 aromatic carbocycles. The number of hydrogen-bond acceptors (Lipinski definition) is 2. The Morgan fingerprint density at radius 1 is 1.04 bits per heavy atom. The van der Waals surface area contributed by atoms with Gasteiger partial charge in [-0.2, -0.15) is 5.10 Å². The number of hydrogen-bond donors (Lipinski definition) is 2. The summed E-state index contributed by atoms with van der Waals surface area (Å²) in [4.78, 5) is 0. The number of para-hydroxylation sites is 1. The molecule has 24 heavy (non-hydrogen) atoms. The molecule has 0 radical (unpaired) electrons. The Morgan fingerprint density at radius 3 is 2.62 bits per heavy atom. The van der Waals surface area contributed by atoms with E-state index in [1.54, 1.807) is 0 Å². The molecule has 4 heteroatoms. The zero-order chi connectivity index (χ0) is 17.1. The number of aryl methyl sites for hydroxylation is 3. The average molecular weight is 337 g/mol. The first-order valence-corrected chi connectivity index (χ1v) is 8.75. The maximum absolute atomic E-state index is 5.39. The number of nitrogens with zero attached hydrogens (tertiary/aromatic N) is 1. The van der Waals surface area contributed by atoms with Crippen LogP contribution < -0.4 is 10.7 Å². The lowest BCUT2D eigenvalue weighted by atomic mass is 9.86. The van der Waals surface area contributed by atoms with Gasteiger partial charge in [-0.25, -0.2) is 0 Å². The Labute approximate surface area is 149 Å². The third-order valence-corrected chi connectivity index (χ3v) is 4.65. The number of hydrazone groups is 1. The number of nitrogens with one attached hydrogen (secondary N) is 2. The molecule has 1 aliphatic carbocycles. The zero-order valence-corrected chi connectivity index (χ0v) is 15.3. The fourth-order valence-corrected chi connectivity index (χ4v) is 3.41. The van der Waals surface area contributed by atoms with Crippen molar-refractivity contribution in [2.75, 3.05) is 5.32 Å². The Balaban J connectivity index is 1.77. The van der Waals surface area contributed by atoms with Gasteiger partial charge in [-0.15, -0.1) is 0 Å². The third-order valence-electron chi connectivity index (χ3n) is 4.45. The summed E-state index contributed by atoms with van der Waals surface area (Å²) in [7, 11) is 0. The second kappa shape index (κ2) is 7.14. The first-order chi connectivity index (χ1) is 11.5. The van der Waals surface area contributed by atoms with Crippen molar-refractivity contribution in [2.45, 2.75) is 40.0 Å². The van der Waals surface area contributed by atoms with E-state index < -0.39 is 0 Å². The molecule has 1 aliphatic rings. The van der Waals surface area contributed by atoms with Crippen LogP contribution in [-0.2, 0) is 6.42 Å². The molecule has 0 unspecified atom stereocenters. The normalized spacial score (nSPS) is 15.0. The van der Waals surface area contributed by atoms with Crippen LogP contribution in [0.2, 0.25) is 0 Å². The van der Waals surface area contributed by atoms with Gasteiger partial charge in [0, 0.05) is 11.3 Å². The quantitative estimate of drug-likeness (QED) is 0.619. The SMILES string of the molecule is Cc1cc(C)c2c(c1)/C(=N/NC(=S)Nc1ccccc1C)CCC2. The van der Waals surface area contributed by atoms with Gasteiger partial charge in [-0.3, -0.25) is 5.43 Å². The van der Waals surface area contributed by atoms with E-state index in [1.165, 1.54) is 22.3 Å². The second-order valence-electron chi connectivity index (χ2n) is 6.40. The van der Waals surface area contributed by atoms with E-state index in [-0.39, 0.29) is 0 Å². The molecule has 124 valence electrons. The summed E-state index contributed by atoms with van der Waals surface area (Å²) in [6.07, 6.45) is 3.25. The minimum atomic E-state index is 0.522. The summed E-state index contributed by atoms with van der Waals surface area (Å²) in [6.45, 7) is 6.38. The van der Waals surface area contributed by atoms with E-state index >= 15 is 0 Å². The summed E-state index contributed by atoms with van der Waals surface area (Å²) < 4.78 is 0. The molecule has 0 saturated carbocycles. The van der Waals surface area contributed by atoms with Crippen molar-refractivity contribution in [3.8, 4) is 0 Å². The minimum absolute atomic E-state index is 0.522. The minimum Gasteiger partial charge on any atom is -0.331 e. The van der Waals surface area contributed by atoms with Gasteiger partial charge < -0.3 is 5.32 Å². The van der Waals surface area contributed by atoms with Gasteiger partial charge >= 0.3 is 0 Å². The number of fused-ring (bicyclic) bond motifs is 1. The highest BCUT2D eigenvalue weighted by molar-refractivity contribution is 7.80. The topological polar surface area (TPSA) is 36.4 Å². The van der Waals surface area contributed by atoms with Crippen LogP contribution in [-0.4, -0.2) is 10.8 Å². The fourth-order valence-electron chi connectivity index (χ4n) is 3.25. The maximum atomic E-state index is 5.39. The molecule has 0 bridgehead atoms. The Hall–Kier alpha value is -2.20. The van der Waals surface area contributed by atoms with Gasteiger partial charge in [0.2, 0.25) is 0 Å². The van der Waals surface area contributed by atoms with Gasteiger partial charge in [-0.1, -0.05) is 29.8 Å². The lowest BCUT2D eigenvalue weighted by Crippen LogP contribution is -2.26. The van der Waals surface area contributed by atoms with Crippen LogP contribution in [0.1, 0.15) is 40.7 Å². The fraction of sp³-hybridized carbons (Fsp3) is 0.300. The Morgan fingerprint density at radius 2 is 1.83 bits per heavy atom. The van der Waals surface area contributed by atoms with Crippen molar-refractivity contribution < 1.29 is 0 Å². The number of benzene rings is 2. The molecular weight excluding hydrogens is 314 g/mol. The van der Waals surface area contributed by atoms with Crippen molar-refractivity contribution in [3.05, 3.63) is 64.2 Å². The van der Waals surface area contributed by atoms with Gasteiger partial charge in [0.25, 0.3) is 0 Å². The number of rotatable bonds is 2. The monoisotopic (exact) mass is 337 g/mol. The zero-order valence-electron chi connectivity index (χ0n) is 14.4. The third kappa shape index (κ3) is 3.65. The van der Waals surface area contributed by atoms with Gasteiger partial charge in [0.1, 0.15) is 0 Å². The van der Waals surface area contributed by atoms with Crippen LogP contribution in [0.5, 0.6) is 0 Å². The van der Waals surface area contributed by atoms with E-state index in [0.29, 0.717) is 5.11 Å². The predicted molar refractivity (Wildman–Crippen MR) is 106 cm³/mol. The molecule has 0 heterocycles. The van der Waals surface area contributed by atoms with Crippen LogP contribution >= 0.6 is 12.2 Å². The Kier molecular flexibility index (Phi) is 4.95. The van der Waals surface area contributed by atoms with Gasteiger partial charge in [0.05, 0.1) is 5.71 Å². The highest BCUT2D eigenvalue weighted by atomic mass is 32.1. The van der Waals surface area contributed by atoms with E-state index in [4.69, 9.17) is 12.2 Å². The smallest absolute Gasteiger partial charge is 0.191 e. The average Bonchev–Trinajstić information content (AvgIpc) is 2.55. The van der Waals surface area contributed by atoms with E-state index in [2.05, 4.69) is 54.8 Å². The van der Waals surface area contributed by atoms with E-state index in [0.717, 1.165) is 36.2 Å². The van der Waals surface area contributed by atoms with Crippen LogP contribution in [0.4, 0.5) is 5.69 Å². The molecular formula is C20H23N3S. The molecule has 2 aromatic rings. The lowest BCUT2D eigenvalue weighted by molar-refractivity contribution is 0.821. The van der Waals surface area contributed by atoms with E-state index in [1.807, 2.05) is 18.2 Å². The Bertz CT molecular complexity index is 809. The number of anilines is 1. The van der Waals surface area contributed by atoms with Crippen molar-refractivity contribution in [3.63, 3.8) is 0 Å². The van der Waals surface area contributed by atoms with Crippen molar-refractivity contribution >= 4 is 28.7 Å². The molecule has 2 N–H and O–H groups in total. The molecule has 0 spiro atoms. The highest BCUT2D eigenvalue weighted by Crippen LogP contribution is 2.26. The molecule has 0 fully saturated rings. The first-order valence-electron chi connectivity index (χ1n) is 8.34. The predicted octanol–water partition coefficient (Wildman–Crippen LogP) is 4.64. The molecule has 0 saturated heterocycles. The molecule has 0 amide bonds. The van der Waals surface area contributed by atoms with Crippen molar-refractivity contribution in [2.24, 2.45) is 5.10 Å². The summed E-state index contributed by atoms with van der Waals surface area (Å²) >= 11 is 5.39. The summed E-state index contributed by atoms with van der Waals surface area (Å²) in [5.41, 5.74) is 11.6. The standard InChI is InChI=1S/C20H23N3S/c1-13-11-15(3)16-8-6-10-19(17(16)12-13)22-23-20(24)21-18-9-5-4-7-14(18)2/h4-5,7,9,11-12H,6,8,10H2,1-3H3,(H2,21,23,24)/b22-19+. The first kappa shape index (κ1) is 16.7. The largest absolute Gasteiger partial charge is 0.331 e. The van der Waals surface area contributed by atoms with Gasteiger partial charge in [-0.05, 0) is 81.1 Å². The summed E-state index contributed by atoms with van der Waals surface area (Å²) in [5, 5.41) is 8.33. The maximum Gasteiger partial charge on any atom is 0.191 e. The highest BCUT2D eigenvalue weighted by Gasteiger charge is 2.18. The van der Waals surface area contributed by atoms with Gasteiger partial charge in [0.15, 0.2) is 5.11 Å².